The summed E-state index contributed by atoms with van der Waals surface area (Å²) in [5, 5.41) is 0. The Balaban J connectivity index is 1.52. The highest BCUT2D eigenvalue weighted by atomic mass is 15.4. The average Bonchev–Trinajstić information content (AvgIpc) is 2.91. The molecular weight excluding hydrogens is 346 g/mol. The molecule has 154 valence electrons. The van der Waals surface area contributed by atoms with Crippen molar-refractivity contribution in [1.29, 1.82) is 0 Å². The molecule has 28 heavy (non-hydrogen) atoms. The number of hydrogen-bond acceptors (Lipinski definition) is 5. The van der Waals surface area contributed by atoms with Crippen LogP contribution in [0, 0.1) is 17.8 Å². The summed E-state index contributed by atoms with van der Waals surface area (Å²) in [5.41, 5.74) is 0.910. The minimum absolute atomic E-state index is 0.553. The van der Waals surface area contributed by atoms with E-state index in [1.165, 1.54) is 25.7 Å². The molecule has 2 aliphatic rings. The van der Waals surface area contributed by atoms with E-state index in [1.807, 2.05) is 12.4 Å². The fourth-order valence-corrected chi connectivity index (χ4v) is 4.33. The van der Waals surface area contributed by atoms with Crippen LogP contribution in [-0.2, 0) is 0 Å². The Hall–Kier alpha value is -1.64. The summed E-state index contributed by atoms with van der Waals surface area (Å²) < 4.78 is 0. The van der Waals surface area contributed by atoms with Crippen molar-refractivity contribution in [2.24, 2.45) is 5.92 Å². The average molecular weight is 384 g/mol. The highest BCUT2D eigenvalue weighted by Crippen LogP contribution is 2.33. The maximum atomic E-state index is 4.66. The number of piperazine rings is 1. The molecule has 2 unspecified atom stereocenters. The third-order valence-corrected chi connectivity index (χ3v) is 6.01. The summed E-state index contributed by atoms with van der Waals surface area (Å²) in [4.78, 5) is 16.7. The molecule has 2 bridgehead atoms. The lowest BCUT2D eigenvalue weighted by Crippen LogP contribution is -2.56. The van der Waals surface area contributed by atoms with Crippen LogP contribution in [0.1, 0.15) is 58.9 Å². The number of rotatable bonds is 7. The van der Waals surface area contributed by atoms with Gasteiger partial charge in [-0.05, 0) is 59.0 Å². The van der Waals surface area contributed by atoms with Gasteiger partial charge in [0.1, 0.15) is 0 Å². The van der Waals surface area contributed by atoms with Crippen molar-refractivity contribution in [2.75, 3.05) is 38.1 Å². The van der Waals surface area contributed by atoms with Crippen LogP contribution in [0.3, 0.4) is 0 Å². The van der Waals surface area contributed by atoms with Gasteiger partial charge in [-0.2, -0.15) is 0 Å². The number of likely N-dealkylation sites (tertiary alicyclic amines) is 1. The van der Waals surface area contributed by atoms with Gasteiger partial charge < -0.3 is 4.90 Å². The van der Waals surface area contributed by atoms with Crippen LogP contribution < -0.4 is 4.90 Å². The monoisotopic (exact) mass is 383 g/mol. The molecule has 5 nitrogen and oxygen atoms in total. The molecule has 0 radical (unpaired) electrons. The molecule has 3 rings (SSSR count). The van der Waals surface area contributed by atoms with E-state index in [-0.39, 0.29) is 0 Å². The second kappa shape index (κ2) is 9.71. The summed E-state index contributed by atoms with van der Waals surface area (Å²) in [5.74, 6) is 8.14. The first kappa shape index (κ1) is 21.1. The summed E-state index contributed by atoms with van der Waals surface area (Å²) in [7, 11) is 2.14. The Bertz CT molecular complexity index is 658. The van der Waals surface area contributed by atoms with E-state index in [1.54, 1.807) is 0 Å². The fraction of sp³-hybridized carbons (Fsp3) is 0.739. The van der Waals surface area contributed by atoms with Crippen LogP contribution in [0.5, 0.6) is 0 Å². The Morgan fingerprint density at radius 3 is 2.32 bits per heavy atom. The highest BCUT2D eigenvalue weighted by Gasteiger charge is 2.41. The zero-order valence-corrected chi connectivity index (χ0v) is 18.4. The molecule has 5 heteroatoms. The Labute approximate surface area is 171 Å². The number of anilines is 1. The van der Waals surface area contributed by atoms with Gasteiger partial charge in [-0.25, -0.2) is 9.97 Å². The smallest absolute Gasteiger partial charge is 0.225 e. The van der Waals surface area contributed by atoms with Crippen molar-refractivity contribution in [1.82, 2.24) is 19.8 Å². The van der Waals surface area contributed by atoms with E-state index in [0.29, 0.717) is 18.1 Å². The fourth-order valence-electron chi connectivity index (χ4n) is 4.33. The van der Waals surface area contributed by atoms with Gasteiger partial charge >= 0.3 is 0 Å². The summed E-state index contributed by atoms with van der Waals surface area (Å²) >= 11 is 0. The van der Waals surface area contributed by atoms with Crippen LogP contribution in [0.4, 0.5) is 5.95 Å². The Morgan fingerprint density at radius 1 is 1.11 bits per heavy atom. The third-order valence-electron chi connectivity index (χ3n) is 6.01. The first-order valence-corrected chi connectivity index (χ1v) is 11.0. The molecule has 2 aliphatic heterocycles. The van der Waals surface area contributed by atoms with Crippen molar-refractivity contribution >= 4 is 5.95 Å². The second-order valence-corrected chi connectivity index (χ2v) is 9.19. The number of hydrogen-bond donors (Lipinski definition) is 0. The highest BCUT2D eigenvalue weighted by molar-refractivity contribution is 5.40. The molecule has 3 heterocycles. The topological polar surface area (TPSA) is 35.5 Å². The van der Waals surface area contributed by atoms with Crippen LogP contribution in [0.2, 0.25) is 0 Å². The van der Waals surface area contributed by atoms with E-state index in [2.05, 4.69) is 71.3 Å². The summed E-state index contributed by atoms with van der Waals surface area (Å²) in [6, 6.07) is 1.72. The molecule has 2 fully saturated rings. The molecular formula is C23H37N5. The molecule has 0 aliphatic carbocycles. The van der Waals surface area contributed by atoms with Gasteiger partial charge in [-0.15, -0.1) is 0 Å². The van der Waals surface area contributed by atoms with Crippen molar-refractivity contribution in [3.63, 3.8) is 0 Å². The summed E-state index contributed by atoms with van der Waals surface area (Å²) in [6.07, 6.45) is 8.80. The number of fused-ring (bicyclic) bond motifs is 2. The van der Waals surface area contributed by atoms with E-state index in [4.69, 9.17) is 0 Å². The standard InChI is InChI=1S/C23H37N5/c1-18(2)8-6-12-26(5)13-7-9-20-14-24-23(25-15-20)28-21-10-11-22(28)17-27(16-21)19(3)4/h14-15,18-19,21-22H,6,8,10-13,16-17H2,1-5H3. The van der Waals surface area contributed by atoms with Crippen LogP contribution in [-0.4, -0.2) is 71.1 Å². The Kier molecular flexibility index (Phi) is 7.31. The zero-order valence-electron chi connectivity index (χ0n) is 18.4. The second-order valence-electron chi connectivity index (χ2n) is 9.19. The largest absolute Gasteiger partial charge is 0.332 e. The molecule has 2 atom stereocenters. The van der Waals surface area contributed by atoms with Gasteiger partial charge in [0.05, 0.1) is 12.1 Å². The number of aromatic nitrogens is 2. The van der Waals surface area contributed by atoms with Crippen LogP contribution in [0.25, 0.3) is 0 Å². The maximum Gasteiger partial charge on any atom is 0.225 e. The van der Waals surface area contributed by atoms with Gasteiger partial charge in [0.2, 0.25) is 5.95 Å². The van der Waals surface area contributed by atoms with E-state index in [9.17, 15) is 0 Å². The molecule has 0 N–H and O–H groups in total. The van der Waals surface area contributed by atoms with Gasteiger partial charge in [0.25, 0.3) is 0 Å². The van der Waals surface area contributed by atoms with Crippen molar-refractivity contribution in [3.05, 3.63) is 18.0 Å². The molecule has 1 aromatic heterocycles. The molecule has 0 saturated carbocycles. The predicted molar refractivity (Wildman–Crippen MR) is 116 cm³/mol. The summed E-state index contributed by atoms with van der Waals surface area (Å²) in [6.45, 7) is 13.3. The maximum absolute atomic E-state index is 4.66. The third kappa shape index (κ3) is 5.46. The SMILES string of the molecule is CC(C)CCCN(C)CC#Cc1cnc(N2C3CCC2CN(C(C)C)C3)nc1. The van der Waals surface area contributed by atoms with Crippen LogP contribution in [0.15, 0.2) is 12.4 Å². The first-order valence-electron chi connectivity index (χ1n) is 11.0. The number of nitrogens with zero attached hydrogens (tertiary/aromatic N) is 5. The molecule has 0 aromatic carbocycles. The quantitative estimate of drug-likeness (QED) is 0.676. The molecule has 0 amide bonds. The van der Waals surface area contributed by atoms with Crippen molar-refractivity contribution < 1.29 is 0 Å². The molecule has 2 saturated heterocycles. The van der Waals surface area contributed by atoms with Gasteiger partial charge in [0.15, 0.2) is 0 Å². The minimum Gasteiger partial charge on any atom is -0.332 e. The lowest BCUT2D eigenvalue weighted by Gasteiger charge is -2.42. The molecule has 0 spiro atoms. The van der Waals surface area contributed by atoms with Gasteiger partial charge in [-0.3, -0.25) is 9.80 Å². The normalized spacial score (nSPS) is 22.2. The van der Waals surface area contributed by atoms with E-state index in [0.717, 1.165) is 43.6 Å². The minimum atomic E-state index is 0.553. The van der Waals surface area contributed by atoms with Crippen molar-refractivity contribution in [2.45, 2.75) is 71.5 Å². The van der Waals surface area contributed by atoms with Gasteiger partial charge in [0, 0.05) is 43.6 Å². The van der Waals surface area contributed by atoms with Gasteiger partial charge in [-0.1, -0.05) is 25.7 Å². The predicted octanol–water partition coefficient (Wildman–Crippen LogP) is 3.26. The lowest BCUT2D eigenvalue weighted by atomic mass is 10.1. The van der Waals surface area contributed by atoms with Crippen LogP contribution >= 0.6 is 0 Å². The zero-order chi connectivity index (χ0) is 20.1. The van der Waals surface area contributed by atoms with E-state index >= 15 is 0 Å². The Morgan fingerprint density at radius 2 is 1.75 bits per heavy atom. The van der Waals surface area contributed by atoms with Crippen molar-refractivity contribution in [3.8, 4) is 11.8 Å². The lowest BCUT2D eigenvalue weighted by molar-refractivity contribution is 0.176. The molecule has 1 aromatic rings. The first-order chi connectivity index (χ1) is 13.4. The van der Waals surface area contributed by atoms with E-state index < -0.39 is 0 Å².